The van der Waals surface area contributed by atoms with Gasteiger partial charge in [-0.15, -0.1) is 0 Å². The minimum absolute atomic E-state index is 0.460. The van der Waals surface area contributed by atoms with Crippen LogP contribution >= 0.6 is 23.2 Å². The molecule has 3 aromatic carbocycles. The molecular weight excluding hydrogens is 417 g/mol. The van der Waals surface area contributed by atoms with Crippen LogP contribution in [0.4, 0.5) is 0 Å². The first-order valence-corrected chi connectivity index (χ1v) is 10.7. The van der Waals surface area contributed by atoms with Gasteiger partial charge in [-0.3, -0.25) is 0 Å². The number of rotatable bonds is 9. The Kier molecular flexibility index (Phi) is 6.90. The van der Waals surface area contributed by atoms with Crippen molar-refractivity contribution in [1.29, 1.82) is 0 Å². The minimum Gasteiger partial charge on any atom is -0.489 e. The first-order chi connectivity index (χ1) is 14.7. The van der Waals surface area contributed by atoms with Crippen LogP contribution in [-0.2, 0) is 19.6 Å². The number of benzene rings is 3. The third kappa shape index (κ3) is 5.54. The van der Waals surface area contributed by atoms with Crippen LogP contribution in [0.25, 0.3) is 11.0 Å². The summed E-state index contributed by atoms with van der Waals surface area (Å²) in [6.45, 7) is 2.02. The van der Waals surface area contributed by atoms with Crippen molar-refractivity contribution >= 4 is 34.2 Å². The fourth-order valence-corrected chi connectivity index (χ4v) is 3.75. The molecule has 0 saturated carbocycles. The number of fused-ring (bicyclic) bond motifs is 1. The third-order valence-electron chi connectivity index (χ3n) is 4.83. The maximum atomic E-state index is 6.20. The lowest BCUT2D eigenvalue weighted by Crippen LogP contribution is -2.16. The Balaban J connectivity index is 1.28. The maximum Gasteiger partial charge on any atom is 0.124 e. The number of para-hydroxylation sites is 2. The first kappa shape index (κ1) is 20.7. The molecule has 4 rings (SSSR count). The summed E-state index contributed by atoms with van der Waals surface area (Å²) in [4.78, 5) is 7.99. The Morgan fingerprint density at radius 3 is 2.67 bits per heavy atom. The predicted octanol–water partition coefficient (Wildman–Crippen LogP) is 6.17. The molecule has 30 heavy (non-hydrogen) atoms. The highest BCUT2D eigenvalue weighted by molar-refractivity contribution is 6.30. The van der Waals surface area contributed by atoms with Gasteiger partial charge in [-0.2, -0.15) is 0 Å². The number of aromatic amines is 1. The number of hydrogen-bond donors (Lipinski definition) is 2. The summed E-state index contributed by atoms with van der Waals surface area (Å²) in [6.07, 6.45) is 1.88. The van der Waals surface area contributed by atoms with E-state index in [1.54, 1.807) is 0 Å². The quantitative estimate of drug-likeness (QED) is 0.306. The normalized spacial score (nSPS) is 11.1. The molecule has 0 aliphatic heterocycles. The van der Waals surface area contributed by atoms with Crippen LogP contribution in [0.15, 0.2) is 66.7 Å². The number of aromatic nitrogens is 2. The second-order valence-corrected chi connectivity index (χ2v) is 8.02. The van der Waals surface area contributed by atoms with Gasteiger partial charge in [0.25, 0.3) is 0 Å². The first-order valence-electron chi connectivity index (χ1n) is 9.97. The Bertz CT molecular complexity index is 1090. The Morgan fingerprint density at radius 1 is 0.933 bits per heavy atom. The molecule has 0 unspecified atom stereocenters. The van der Waals surface area contributed by atoms with E-state index in [1.807, 2.05) is 66.7 Å². The van der Waals surface area contributed by atoms with E-state index >= 15 is 0 Å². The molecule has 1 heterocycles. The molecule has 6 heteroatoms. The van der Waals surface area contributed by atoms with Gasteiger partial charge >= 0.3 is 0 Å². The van der Waals surface area contributed by atoms with Gasteiger partial charge in [0, 0.05) is 28.6 Å². The number of halogens is 2. The molecule has 0 fully saturated rings. The van der Waals surface area contributed by atoms with Crippen molar-refractivity contribution < 1.29 is 4.74 Å². The fraction of sp³-hybridized carbons (Fsp3) is 0.208. The summed E-state index contributed by atoms with van der Waals surface area (Å²) in [5.41, 5.74) is 4.16. The van der Waals surface area contributed by atoms with Crippen molar-refractivity contribution in [3.8, 4) is 5.75 Å². The summed E-state index contributed by atoms with van der Waals surface area (Å²) in [5, 5.41) is 4.88. The number of nitrogens with one attached hydrogen (secondary N) is 2. The molecule has 0 radical (unpaired) electrons. The molecule has 0 atom stereocenters. The fourth-order valence-electron chi connectivity index (χ4n) is 3.34. The van der Waals surface area contributed by atoms with Crippen molar-refractivity contribution in [1.82, 2.24) is 15.3 Å². The molecule has 4 aromatic rings. The summed E-state index contributed by atoms with van der Waals surface area (Å²) < 4.78 is 6.02. The minimum atomic E-state index is 0.460. The maximum absolute atomic E-state index is 6.20. The zero-order chi connectivity index (χ0) is 20.8. The second-order valence-electron chi connectivity index (χ2n) is 7.15. The van der Waals surface area contributed by atoms with E-state index in [-0.39, 0.29) is 0 Å². The monoisotopic (exact) mass is 439 g/mol. The standard InChI is InChI=1S/C24H23Cl2N3O/c25-19-6-3-5-17(13-19)16-30-23-11-10-20(26)14-18(23)15-27-12-4-9-24-28-21-7-1-2-8-22(21)29-24/h1-3,5-8,10-11,13-14,27H,4,9,12,15-16H2,(H,28,29). The molecule has 0 spiro atoms. The molecule has 4 nitrogen and oxygen atoms in total. The molecule has 154 valence electrons. The molecule has 0 saturated heterocycles. The SMILES string of the molecule is Clc1cccc(COc2ccc(Cl)cc2CNCCCc2nc3ccccc3[nH]2)c1. The lowest BCUT2D eigenvalue weighted by molar-refractivity contribution is 0.302. The molecule has 2 N–H and O–H groups in total. The van der Waals surface area contributed by atoms with E-state index in [1.165, 1.54) is 0 Å². The highest BCUT2D eigenvalue weighted by Crippen LogP contribution is 2.24. The summed E-state index contributed by atoms with van der Waals surface area (Å²) in [7, 11) is 0. The van der Waals surface area contributed by atoms with Crippen LogP contribution in [0, 0.1) is 0 Å². The Labute approximate surface area is 186 Å². The van der Waals surface area contributed by atoms with Gasteiger partial charge in [-0.05, 0) is 61.0 Å². The molecule has 1 aromatic heterocycles. The predicted molar refractivity (Wildman–Crippen MR) is 123 cm³/mol. The zero-order valence-electron chi connectivity index (χ0n) is 16.5. The van der Waals surface area contributed by atoms with E-state index in [9.17, 15) is 0 Å². The number of aryl methyl sites for hydroxylation is 1. The highest BCUT2D eigenvalue weighted by atomic mass is 35.5. The highest BCUT2D eigenvalue weighted by Gasteiger charge is 2.07. The van der Waals surface area contributed by atoms with E-state index in [2.05, 4.69) is 15.3 Å². The van der Waals surface area contributed by atoms with Crippen LogP contribution in [0.5, 0.6) is 5.75 Å². The molecular formula is C24H23Cl2N3O. The summed E-state index contributed by atoms with van der Waals surface area (Å²) >= 11 is 12.3. The average Bonchev–Trinajstić information content (AvgIpc) is 3.16. The van der Waals surface area contributed by atoms with E-state index in [4.69, 9.17) is 27.9 Å². The summed E-state index contributed by atoms with van der Waals surface area (Å²) in [6, 6.07) is 21.5. The van der Waals surface area contributed by atoms with E-state index < -0.39 is 0 Å². The lowest BCUT2D eigenvalue weighted by atomic mass is 10.2. The van der Waals surface area contributed by atoms with Gasteiger partial charge in [0.2, 0.25) is 0 Å². The molecule has 0 amide bonds. The largest absolute Gasteiger partial charge is 0.489 e. The number of ether oxygens (including phenoxy) is 1. The van der Waals surface area contributed by atoms with E-state index in [0.29, 0.717) is 23.2 Å². The Hall–Kier alpha value is -2.53. The number of imidazole rings is 1. The zero-order valence-corrected chi connectivity index (χ0v) is 18.0. The van der Waals surface area contributed by atoms with Crippen LogP contribution in [0.2, 0.25) is 10.0 Å². The number of H-pyrrole nitrogens is 1. The van der Waals surface area contributed by atoms with Crippen molar-refractivity contribution in [3.05, 3.63) is 93.7 Å². The van der Waals surface area contributed by atoms with Gasteiger partial charge < -0.3 is 15.0 Å². The molecule has 0 bridgehead atoms. The Morgan fingerprint density at radius 2 is 1.80 bits per heavy atom. The summed E-state index contributed by atoms with van der Waals surface area (Å²) in [5.74, 6) is 1.84. The number of nitrogens with zero attached hydrogens (tertiary/aromatic N) is 1. The van der Waals surface area contributed by atoms with Crippen LogP contribution < -0.4 is 10.1 Å². The number of hydrogen-bond acceptors (Lipinski definition) is 3. The smallest absolute Gasteiger partial charge is 0.124 e. The van der Waals surface area contributed by atoms with Crippen LogP contribution in [0.1, 0.15) is 23.4 Å². The molecule has 0 aliphatic carbocycles. The van der Waals surface area contributed by atoms with Crippen molar-refractivity contribution in [3.63, 3.8) is 0 Å². The van der Waals surface area contributed by atoms with Crippen molar-refractivity contribution in [2.24, 2.45) is 0 Å². The van der Waals surface area contributed by atoms with Gasteiger partial charge in [0.05, 0.1) is 11.0 Å². The molecule has 0 aliphatic rings. The second kappa shape index (κ2) is 9.98. The topological polar surface area (TPSA) is 49.9 Å². The van der Waals surface area contributed by atoms with Crippen molar-refractivity contribution in [2.75, 3.05) is 6.54 Å². The third-order valence-corrected chi connectivity index (χ3v) is 5.30. The van der Waals surface area contributed by atoms with E-state index in [0.717, 1.165) is 53.1 Å². The average molecular weight is 440 g/mol. The van der Waals surface area contributed by atoms with Gasteiger partial charge in [0.15, 0.2) is 0 Å². The van der Waals surface area contributed by atoms with Gasteiger partial charge in [-0.25, -0.2) is 4.98 Å². The lowest BCUT2D eigenvalue weighted by Gasteiger charge is -2.13. The van der Waals surface area contributed by atoms with Crippen molar-refractivity contribution in [2.45, 2.75) is 26.0 Å². The van der Waals surface area contributed by atoms with Crippen LogP contribution in [-0.4, -0.2) is 16.5 Å². The van der Waals surface area contributed by atoms with Gasteiger partial charge in [0.1, 0.15) is 18.2 Å². The van der Waals surface area contributed by atoms with Gasteiger partial charge in [-0.1, -0.05) is 47.5 Å². The van der Waals surface area contributed by atoms with Crippen LogP contribution in [0.3, 0.4) is 0 Å².